The molecule has 0 saturated carbocycles. The summed E-state index contributed by atoms with van der Waals surface area (Å²) >= 11 is 0. The number of benzene rings is 1. The van der Waals surface area contributed by atoms with Gasteiger partial charge in [-0.2, -0.15) is 5.26 Å². The molecule has 6 heteroatoms. The van der Waals surface area contributed by atoms with E-state index < -0.39 is 30.1 Å². The fourth-order valence-electron chi connectivity index (χ4n) is 1.34. The Balaban J connectivity index is 2.58. The van der Waals surface area contributed by atoms with E-state index in [-0.39, 0.29) is 0 Å². The minimum Gasteiger partial charge on any atom is -0.468 e. The molecule has 1 aromatic rings. The zero-order valence-corrected chi connectivity index (χ0v) is 10.3. The third-order valence-corrected chi connectivity index (χ3v) is 2.35. The summed E-state index contributed by atoms with van der Waals surface area (Å²) < 4.78 is 4.32. The summed E-state index contributed by atoms with van der Waals surface area (Å²) in [5.41, 5.74) is 0.391. The molecule has 0 spiro atoms. The van der Waals surface area contributed by atoms with E-state index in [0.29, 0.717) is 5.56 Å². The first-order valence-corrected chi connectivity index (χ1v) is 5.43. The first kappa shape index (κ1) is 14.4. The van der Waals surface area contributed by atoms with Crippen LogP contribution in [-0.4, -0.2) is 31.3 Å². The van der Waals surface area contributed by atoms with Crippen LogP contribution in [0.4, 0.5) is 0 Å². The molecule has 1 amide bonds. The Hall–Kier alpha value is -2.68. The second kappa shape index (κ2) is 6.91. The van der Waals surface area contributed by atoms with Crippen molar-refractivity contribution < 1.29 is 19.1 Å². The van der Waals surface area contributed by atoms with Gasteiger partial charge in [-0.3, -0.25) is 14.4 Å². The molecule has 1 unspecified atom stereocenters. The minimum atomic E-state index is -1.51. The molecular formula is C13H12N2O4. The van der Waals surface area contributed by atoms with Gasteiger partial charge in [0.2, 0.25) is 5.92 Å². The van der Waals surface area contributed by atoms with Gasteiger partial charge in [-0.15, -0.1) is 0 Å². The maximum Gasteiger partial charge on any atom is 0.330 e. The van der Waals surface area contributed by atoms with E-state index >= 15 is 0 Å². The van der Waals surface area contributed by atoms with Crippen molar-refractivity contribution in [2.75, 3.05) is 13.7 Å². The quantitative estimate of drug-likeness (QED) is 0.606. The first-order chi connectivity index (χ1) is 9.10. The van der Waals surface area contributed by atoms with Gasteiger partial charge in [-0.05, 0) is 12.1 Å². The van der Waals surface area contributed by atoms with Gasteiger partial charge in [-0.25, -0.2) is 0 Å². The summed E-state index contributed by atoms with van der Waals surface area (Å²) in [4.78, 5) is 34.3. The molecule has 19 heavy (non-hydrogen) atoms. The van der Waals surface area contributed by atoms with E-state index in [1.807, 2.05) is 0 Å². The number of nitriles is 1. The Bertz CT molecular complexity index is 519. The Morgan fingerprint density at radius 3 is 2.47 bits per heavy atom. The van der Waals surface area contributed by atoms with Crippen LogP contribution in [0.3, 0.4) is 0 Å². The van der Waals surface area contributed by atoms with Crippen LogP contribution in [-0.2, 0) is 14.3 Å². The van der Waals surface area contributed by atoms with E-state index in [4.69, 9.17) is 5.26 Å². The number of hydrogen-bond acceptors (Lipinski definition) is 5. The van der Waals surface area contributed by atoms with Crippen LogP contribution in [0, 0.1) is 17.2 Å². The van der Waals surface area contributed by atoms with Crippen LogP contribution in [0.5, 0.6) is 0 Å². The van der Waals surface area contributed by atoms with Crippen molar-refractivity contribution in [3.8, 4) is 6.07 Å². The Kier molecular flexibility index (Phi) is 5.23. The number of ketones is 1. The number of rotatable bonds is 5. The number of methoxy groups -OCH3 is 1. The Labute approximate surface area is 110 Å². The molecule has 0 radical (unpaired) electrons. The van der Waals surface area contributed by atoms with Gasteiger partial charge < -0.3 is 10.1 Å². The number of Topliss-reactive ketones (excluding diaryl/α,β-unsaturated/α-hetero) is 1. The average Bonchev–Trinajstić information content (AvgIpc) is 2.46. The molecule has 0 aliphatic rings. The van der Waals surface area contributed by atoms with Crippen molar-refractivity contribution in [2.24, 2.45) is 5.92 Å². The summed E-state index contributed by atoms with van der Waals surface area (Å²) in [7, 11) is 1.09. The number of nitrogens with zero attached hydrogens (tertiary/aromatic N) is 1. The predicted octanol–water partition coefficient (Wildman–Crippen LogP) is 0.298. The lowest BCUT2D eigenvalue weighted by atomic mass is 10.1. The predicted molar refractivity (Wildman–Crippen MR) is 64.9 cm³/mol. The van der Waals surface area contributed by atoms with Crippen LogP contribution < -0.4 is 5.32 Å². The number of ether oxygens (including phenoxy) is 1. The lowest BCUT2D eigenvalue weighted by Crippen LogP contribution is -2.35. The highest BCUT2D eigenvalue weighted by molar-refractivity contribution is 6.04. The molecule has 1 atom stereocenters. The van der Waals surface area contributed by atoms with Gasteiger partial charge in [-0.1, -0.05) is 18.2 Å². The second-order valence-corrected chi connectivity index (χ2v) is 3.60. The van der Waals surface area contributed by atoms with E-state index in [0.717, 1.165) is 7.11 Å². The smallest absolute Gasteiger partial charge is 0.330 e. The molecule has 0 aliphatic carbocycles. The maximum atomic E-state index is 11.6. The molecule has 98 valence electrons. The molecular weight excluding hydrogens is 248 g/mol. The maximum absolute atomic E-state index is 11.6. The van der Waals surface area contributed by atoms with Gasteiger partial charge in [0.25, 0.3) is 5.91 Å². The zero-order valence-electron chi connectivity index (χ0n) is 10.3. The molecule has 0 fully saturated rings. The molecule has 0 aliphatic heterocycles. The molecule has 0 aromatic heterocycles. The van der Waals surface area contributed by atoms with E-state index in [9.17, 15) is 14.4 Å². The van der Waals surface area contributed by atoms with Crippen molar-refractivity contribution in [2.45, 2.75) is 0 Å². The molecule has 0 heterocycles. The molecule has 0 saturated heterocycles. The standard InChI is InChI=1S/C13H12N2O4/c1-19-13(18)10(7-14)11(16)8-15-12(17)9-5-3-2-4-6-9/h2-6,10H,8H2,1H3,(H,15,17). The van der Waals surface area contributed by atoms with Gasteiger partial charge in [0.05, 0.1) is 19.7 Å². The highest BCUT2D eigenvalue weighted by Gasteiger charge is 2.27. The first-order valence-electron chi connectivity index (χ1n) is 5.43. The average molecular weight is 260 g/mol. The summed E-state index contributed by atoms with van der Waals surface area (Å²) in [6.45, 7) is -0.402. The number of carbonyl (C=O) groups is 3. The second-order valence-electron chi connectivity index (χ2n) is 3.60. The van der Waals surface area contributed by atoms with Gasteiger partial charge in [0.1, 0.15) is 0 Å². The number of nitrogens with one attached hydrogen (secondary N) is 1. The van der Waals surface area contributed by atoms with E-state index in [1.165, 1.54) is 0 Å². The molecule has 0 bridgehead atoms. The fraction of sp³-hybridized carbons (Fsp3) is 0.231. The largest absolute Gasteiger partial charge is 0.468 e. The topological polar surface area (TPSA) is 96.3 Å². The number of amides is 1. The number of carbonyl (C=O) groups excluding carboxylic acids is 3. The van der Waals surface area contributed by atoms with Crippen LogP contribution in [0.1, 0.15) is 10.4 Å². The van der Waals surface area contributed by atoms with Gasteiger partial charge in [0.15, 0.2) is 5.78 Å². The lowest BCUT2D eigenvalue weighted by Gasteiger charge is -2.07. The molecule has 1 N–H and O–H groups in total. The molecule has 1 aromatic carbocycles. The highest BCUT2D eigenvalue weighted by atomic mass is 16.5. The number of hydrogen-bond donors (Lipinski definition) is 1. The van der Waals surface area contributed by atoms with Crippen LogP contribution in [0.25, 0.3) is 0 Å². The van der Waals surface area contributed by atoms with Gasteiger partial charge in [0, 0.05) is 5.56 Å². The minimum absolute atomic E-state index is 0.391. The van der Waals surface area contributed by atoms with Gasteiger partial charge >= 0.3 is 5.97 Å². The highest BCUT2D eigenvalue weighted by Crippen LogP contribution is 2.01. The summed E-state index contributed by atoms with van der Waals surface area (Å²) in [5.74, 6) is -3.60. The van der Waals surface area contributed by atoms with Crippen molar-refractivity contribution >= 4 is 17.7 Å². The van der Waals surface area contributed by atoms with Crippen molar-refractivity contribution in [1.29, 1.82) is 5.26 Å². The Morgan fingerprint density at radius 2 is 1.95 bits per heavy atom. The van der Waals surface area contributed by atoms with Crippen LogP contribution in [0.15, 0.2) is 30.3 Å². The lowest BCUT2D eigenvalue weighted by molar-refractivity contribution is -0.146. The van der Waals surface area contributed by atoms with Crippen molar-refractivity contribution in [3.05, 3.63) is 35.9 Å². The van der Waals surface area contributed by atoms with E-state index in [2.05, 4.69) is 10.1 Å². The van der Waals surface area contributed by atoms with Crippen LogP contribution >= 0.6 is 0 Å². The fourth-order valence-corrected chi connectivity index (χ4v) is 1.34. The summed E-state index contributed by atoms with van der Waals surface area (Å²) in [6, 6.07) is 9.83. The third-order valence-electron chi connectivity index (χ3n) is 2.35. The van der Waals surface area contributed by atoms with Crippen molar-refractivity contribution in [3.63, 3.8) is 0 Å². The Morgan fingerprint density at radius 1 is 1.32 bits per heavy atom. The third kappa shape index (κ3) is 3.92. The zero-order chi connectivity index (χ0) is 14.3. The van der Waals surface area contributed by atoms with E-state index in [1.54, 1.807) is 36.4 Å². The normalized spacial score (nSPS) is 10.9. The SMILES string of the molecule is COC(=O)C(C#N)C(=O)CNC(=O)c1ccccc1. The van der Waals surface area contributed by atoms with Crippen LogP contribution in [0.2, 0.25) is 0 Å². The summed E-state index contributed by atoms with van der Waals surface area (Å²) in [6.07, 6.45) is 0. The molecule has 1 rings (SSSR count). The molecule has 6 nitrogen and oxygen atoms in total. The van der Waals surface area contributed by atoms with Crippen molar-refractivity contribution in [1.82, 2.24) is 5.32 Å². The number of esters is 1. The monoisotopic (exact) mass is 260 g/mol. The summed E-state index contributed by atoms with van der Waals surface area (Å²) in [5, 5.41) is 11.0.